The number of carbonyl (C=O) groups is 1. The van der Waals surface area contributed by atoms with Crippen LogP contribution < -0.4 is 0 Å². The van der Waals surface area contributed by atoms with Gasteiger partial charge >= 0.3 is 0 Å². The van der Waals surface area contributed by atoms with Crippen molar-refractivity contribution in [1.29, 1.82) is 0 Å². The molecule has 0 bridgehead atoms. The second-order valence-electron chi connectivity index (χ2n) is 7.16. The summed E-state index contributed by atoms with van der Waals surface area (Å²) in [6, 6.07) is 14.3. The molecule has 5 nitrogen and oxygen atoms in total. The van der Waals surface area contributed by atoms with Crippen molar-refractivity contribution in [1.82, 2.24) is 15.0 Å². The summed E-state index contributed by atoms with van der Waals surface area (Å²) in [6.07, 6.45) is 0.871. The number of carbonyl (C=O) groups excluding carboxylic acids is 1. The number of benzene rings is 1. The molecule has 6 heteroatoms. The lowest BCUT2D eigenvalue weighted by Crippen LogP contribution is -2.36. The lowest BCUT2D eigenvalue weighted by Gasteiger charge is -2.29. The summed E-state index contributed by atoms with van der Waals surface area (Å²) < 4.78 is 5.42. The van der Waals surface area contributed by atoms with Crippen molar-refractivity contribution in [2.45, 2.75) is 26.8 Å². The summed E-state index contributed by atoms with van der Waals surface area (Å²) in [5, 5.41) is 4.76. The van der Waals surface area contributed by atoms with Crippen LogP contribution >= 0.6 is 11.3 Å². The van der Waals surface area contributed by atoms with Gasteiger partial charge in [0.25, 0.3) is 11.6 Å². The Morgan fingerprint density at radius 3 is 2.75 bits per heavy atom. The molecule has 5 rings (SSSR count). The topological polar surface area (TPSA) is 59.2 Å². The van der Waals surface area contributed by atoms with Crippen LogP contribution in [0.3, 0.4) is 0 Å². The molecule has 1 amide bonds. The van der Waals surface area contributed by atoms with Gasteiger partial charge in [0.15, 0.2) is 0 Å². The van der Waals surface area contributed by atoms with Gasteiger partial charge in [-0.3, -0.25) is 4.79 Å². The Kier molecular flexibility index (Phi) is 4.02. The number of pyridine rings is 1. The third-order valence-electron chi connectivity index (χ3n) is 5.26. The van der Waals surface area contributed by atoms with E-state index in [1.54, 1.807) is 11.3 Å². The molecule has 28 heavy (non-hydrogen) atoms. The predicted octanol–water partition coefficient (Wildman–Crippen LogP) is 4.77. The molecule has 3 aromatic heterocycles. The van der Waals surface area contributed by atoms with Crippen LogP contribution in [0.25, 0.3) is 21.7 Å². The molecular formula is C22H19N3O2S. The molecule has 0 N–H and O–H groups in total. The van der Waals surface area contributed by atoms with E-state index in [2.05, 4.69) is 41.3 Å². The minimum absolute atomic E-state index is 0.00253. The third-order valence-corrected chi connectivity index (χ3v) is 6.28. The lowest BCUT2D eigenvalue weighted by molar-refractivity contribution is 0.0736. The molecule has 0 unspecified atom stereocenters. The summed E-state index contributed by atoms with van der Waals surface area (Å²) in [6.45, 7) is 5.24. The molecule has 0 saturated carbocycles. The first-order valence-corrected chi connectivity index (χ1v) is 10.1. The molecule has 0 spiro atoms. The number of fused-ring (bicyclic) bond motifs is 2. The first-order valence-electron chi connectivity index (χ1n) is 9.30. The number of rotatable bonds is 2. The first kappa shape index (κ1) is 17.1. The molecule has 0 fully saturated rings. The monoisotopic (exact) mass is 389 g/mol. The average molecular weight is 389 g/mol. The van der Waals surface area contributed by atoms with E-state index in [9.17, 15) is 4.79 Å². The normalized spacial score (nSPS) is 13.7. The Labute approximate surface area is 166 Å². The number of aryl methyl sites for hydroxylation is 2. The average Bonchev–Trinajstić information content (AvgIpc) is 3.32. The fourth-order valence-corrected chi connectivity index (χ4v) is 4.63. The number of hydrogen-bond donors (Lipinski definition) is 0. The largest absolute Gasteiger partial charge is 0.335 e. The van der Waals surface area contributed by atoms with Gasteiger partial charge in [0.05, 0.1) is 27.2 Å². The van der Waals surface area contributed by atoms with Gasteiger partial charge in [-0.25, -0.2) is 4.98 Å². The minimum Gasteiger partial charge on any atom is -0.335 e. The maximum Gasteiger partial charge on any atom is 0.259 e. The molecule has 0 aliphatic carbocycles. The van der Waals surface area contributed by atoms with Crippen molar-refractivity contribution in [3.63, 3.8) is 0 Å². The number of amides is 1. The Morgan fingerprint density at radius 1 is 1.14 bits per heavy atom. The van der Waals surface area contributed by atoms with E-state index in [0.29, 0.717) is 35.4 Å². The van der Waals surface area contributed by atoms with Crippen molar-refractivity contribution in [2.24, 2.45) is 0 Å². The highest BCUT2D eigenvalue weighted by Gasteiger charge is 2.26. The van der Waals surface area contributed by atoms with E-state index < -0.39 is 0 Å². The molecule has 1 aliphatic heterocycles. The quantitative estimate of drug-likeness (QED) is 0.496. The van der Waals surface area contributed by atoms with Gasteiger partial charge in [-0.1, -0.05) is 29.4 Å². The van der Waals surface area contributed by atoms with Crippen LogP contribution in [-0.2, 0) is 13.0 Å². The molecule has 1 aliphatic rings. The minimum atomic E-state index is 0.00253. The van der Waals surface area contributed by atoms with Crippen molar-refractivity contribution in [3.05, 3.63) is 69.7 Å². The van der Waals surface area contributed by atoms with E-state index >= 15 is 0 Å². The van der Waals surface area contributed by atoms with Crippen LogP contribution in [0.2, 0.25) is 0 Å². The SMILES string of the molecule is Cc1ccc(-c2cc(C(=O)N3CCc4ccccc4C3)c3c(C)noc3n2)s1. The number of nitrogens with zero attached hydrogens (tertiary/aromatic N) is 3. The Hall–Kier alpha value is -2.99. The van der Waals surface area contributed by atoms with Crippen LogP contribution in [0.15, 0.2) is 47.0 Å². The standard InChI is InChI=1S/C22H19N3O2S/c1-13-7-8-19(28-13)18-11-17(20-14(2)24-27-21(20)23-18)22(26)25-10-9-15-5-3-4-6-16(15)12-25/h3-8,11H,9-10,12H2,1-2H3. The molecule has 0 saturated heterocycles. The smallest absolute Gasteiger partial charge is 0.259 e. The number of hydrogen-bond acceptors (Lipinski definition) is 5. The van der Waals surface area contributed by atoms with Crippen LogP contribution in [0.4, 0.5) is 0 Å². The van der Waals surface area contributed by atoms with Gasteiger partial charge in [0.1, 0.15) is 0 Å². The van der Waals surface area contributed by atoms with Gasteiger partial charge in [-0.2, -0.15) is 0 Å². The van der Waals surface area contributed by atoms with Crippen LogP contribution in [0.1, 0.15) is 32.1 Å². The Morgan fingerprint density at radius 2 is 1.96 bits per heavy atom. The number of thiophene rings is 1. The zero-order valence-electron chi connectivity index (χ0n) is 15.7. The second-order valence-corrected chi connectivity index (χ2v) is 8.45. The van der Waals surface area contributed by atoms with E-state index in [1.165, 1.54) is 16.0 Å². The lowest BCUT2D eigenvalue weighted by atomic mass is 9.98. The first-order chi connectivity index (χ1) is 13.6. The third kappa shape index (κ3) is 2.81. The maximum atomic E-state index is 13.5. The van der Waals surface area contributed by atoms with E-state index in [-0.39, 0.29) is 5.91 Å². The van der Waals surface area contributed by atoms with E-state index in [0.717, 1.165) is 17.0 Å². The zero-order chi connectivity index (χ0) is 19.3. The van der Waals surface area contributed by atoms with Gasteiger partial charge in [-0.15, -0.1) is 11.3 Å². The van der Waals surface area contributed by atoms with Crippen molar-refractivity contribution in [3.8, 4) is 10.6 Å². The van der Waals surface area contributed by atoms with E-state index in [1.807, 2.05) is 30.0 Å². The highest BCUT2D eigenvalue weighted by molar-refractivity contribution is 7.15. The number of aromatic nitrogens is 2. The molecule has 1 aromatic carbocycles. The molecule has 0 radical (unpaired) electrons. The van der Waals surface area contributed by atoms with E-state index in [4.69, 9.17) is 4.52 Å². The predicted molar refractivity (Wildman–Crippen MR) is 109 cm³/mol. The Bertz CT molecular complexity index is 1210. The van der Waals surface area contributed by atoms with Crippen molar-refractivity contribution < 1.29 is 9.32 Å². The summed E-state index contributed by atoms with van der Waals surface area (Å²) in [5.41, 5.74) is 5.01. The van der Waals surface area contributed by atoms with Crippen LogP contribution in [0.5, 0.6) is 0 Å². The van der Waals surface area contributed by atoms with Crippen LogP contribution in [0, 0.1) is 13.8 Å². The molecular weight excluding hydrogens is 370 g/mol. The second kappa shape index (κ2) is 6.56. The highest BCUT2D eigenvalue weighted by atomic mass is 32.1. The molecule has 4 heterocycles. The zero-order valence-corrected chi connectivity index (χ0v) is 16.5. The van der Waals surface area contributed by atoms with Gasteiger partial charge in [-0.05, 0) is 49.6 Å². The Balaban J connectivity index is 1.59. The molecule has 4 aromatic rings. The molecule has 140 valence electrons. The van der Waals surface area contributed by atoms with Crippen molar-refractivity contribution in [2.75, 3.05) is 6.54 Å². The van der Waals surface area contributed by atoms with Gasteiger partial charge < -0.3 is 9.42 Å². The maximum absolute atomic E-state index is 13.5. The fraction of sp³-hybridized carbons (Fsp3) is 0.227. The van der Waals surface area contributed by atoms with Crippen molar-refractivity contribution >= 4 is 28.3 Å². The summed E-state index contributed by atoms with van der Waals surface area (Å²) in [5.74, 6) is 0.00253. The van der Waals surface area contributed by atoms with Gasteiger partial charge in [0.2, 0.25) is 0 Å². The summed E-state index contributed by atoms with van der Waals surface area (Å²) >= 11 is 1.65. The van der Waals surface area contributed by atoms with Gasteiger partial charge in [0, 0.05) is 18.0 Å². The molecule has 0 atom stereocenters. The summed E-state index contributed by atoms with van der Waals surface area (Å²) in [4.78, 5) is 22.2. The van der Waals surface area contributed by atoms with Crippen LogP contribution in [-0.4, -0.2) is 27.5 Å². The fourth-order valence-electron chi connectivity index (χ4n) is 3.80. The highest BCUT2D eigenvalue weighted by Crippen LogP contribution is 2.32. The summed E-state index contributed by atoms with van der Waals surface area (Å²) in [7, 11) is 0.